The van der Waals surface area contributed by atoms with Gasteiger partial charge in [-0.3, -0.25) is 14.4 Å². The molecule has 0 heterocycles. The third-order valence-electron chi connectivity index (χ3n) is 14.4. The van der Waals surface area contributed by atoms with Crippen LogP contribution in [0.4, 0.5) is 0 Å². The van der Waals surface area contributed by atoms with E-state index in [-0.39, 0.29) is 31.1 Å². The molecule has 71 heavy (non-hydrogen) atoms. The Morgan fingerprint density at radius 3 is 0.718 bits per heavy atom. The predicted octanol–water partition coefficient (Wildman–Crippen LogP) is 21.4. The Hall–Kier alpha value is -2.11. The van der Waals surface area contributed by atoms with Crippen molar-refractivity contribution in [2.24, 2.45) is 0 Å². The Balaban J connectivity index is 4.00. The molecule has 0 aliphatic heterocycles. The van der Waals surface area contributed by atoms with Crippen molar-refractivity contribution >= 4 is 17.9 Å². The van der Waals surface area contributed by atoms with Crippen LogP contribution >= 0.6 is 0 Å². The number of allylic oxidation sites excluding steroid dienone is 4. The van der Waals surface area contributed by atoms with Gasteiger partial charge in [0.05, 0.1) is 0 Å². The maximum Gasteiger partial charge on any atom is 0.306 e. The van der Waals surface area contributed by atoms with Crippen molar-refractivity contribution in [1.29, 1.82) is 0 Å². The van der Waals surface area contributed by atoms with Crippen LogP contribution in [-0.4, -0.2) is 37.2 Å². The molecule has 0 aromatic heterocycles. The van der Waals surface area contributed by atoms with Gasteiger partial charge in [0.25, 0.3) is 0 Å². The lowest BCUT2D eigenvalue weighted by atomic mass is 10.0. The summed E-state index contributed by atoms with van der Waals surface area (Å²) in [6.07, 6.45) is 72.2. The molecule has 0 aromatic carbocycles. The molecule has 0 bridgehead atoms. The van der Waals surface area contributed by atoms with E-state index in [0.717, 1.165) is 64.2 Å². The van der Waals surface area contributed by atoms with E-state index in [4.69, 9.17) is 14.2 Å². The van der Waals surface area contributed by atoms with Gasteiger partial charge < -0.3 is 14.2 Å². The topological polar surface area (TPSA) is 78.9 Å². The summed E-state index contributed by atoms with van der Waals surface area (Å²) in [6.45, 7) is 6.64. The Bertz CT molecular complexity index is 1150. The van der Waals surface area contributed by atoms with E-state index in [9.17, 15) is 14.4 Å². The molecule has 0 saturated heterocycles. The van der Waals surface area contributed by atoms with Gasteiger partial charge in [-0.2, -0.15) is 0 Å². The second kappa shape index (κ2) is 60.4. The summed E-state index contributed by atoms with van der Waals surface area (Å²) in [4.78, 5) is 38.0. The van der Waals surface area contributed by atoms with Gasteiger partial charge in [-0.25, -0.2) is 0 Å². The summed E-state index contributed by atoms with van der Waals surface area (Å²) < 4.78 is 16.8. The van der Waals surface area contributed by atoms with Crippen LogP contribution < -0.4 is 0 Å². The van der Waals surface area contributed by atoms with Crippen molar-refractivity contribution in [2.75, 3.05) is 13.2 Å². The molecule has 0 aromatic rings. The highest BCUT2D eigenvalue weighted by molar-refractivity contribution is 5.71. The molecule has 6 nitrogen and oxygen atoms in total. The zero-order valence-corrected chi connectivity index (χ0v) is 48.0. The maximum absolute atomic E-state index is 12.8. The first kappa shape index (κ1) is 68.9. The van der Waals surface area contributed by atoms with E-state index < -0.39 is 6.10 Å². The van der Waals surface area contributed by atoms with Crippen molar-refractivity contribution in [1.82, 2.24) is 0 Å². The molecule has 0 aliphatic rings. The minimum absolute atomic E-state index is 0.0694. The average Bonchev–Trinajstić information content (AvgIpc) is 3.37. The number of unbranched alkanes of at least 4 members (excludes halogenated alkanes) is 44. The molecule has 0 radical (unpaired) electrons. The Morgan fingerprint density at radius 2 is 0.465 bits per heavy atom. The molecule has 1 unspecified atom stereocenters. The van der Waals surface area contributed by atoms with Crippen LogP contribution in [0, 0.1) is 0 Å². The molecule has 0 saturated carbocycles. The molecule has 0 rings (SSSR count). The maximum atomic E-state index is 12.8. The minimum Gasteiger partial charge on any atom is -0.462 e. The highest BCUT2D eigenvalue weighted by Gasteiger charge is 2.19. The quantitative estimate of drug-likeness (QED) is 0.0261. The summed E-state index contributed by atoms with van der Waals surface area (Å²) >= 11 is 0. The number of hydrogen-bond acceptors (Lipinski definition) is 6. The zero-order chi connectivity index (χ0) is 51.4. The van der Waals surface area contributed by atoms with Crippen molar-refractivity contribution in [3.05, 3.63) is 24.3 Å². The molecule has 0 aliphatic carbocycles. The van der Waals surface area contributed by atoms with E-state index in [2.05, 4.69) is 45.1 Å². The number of carbonyl (C=O) groups is 3. The zero-order valence-electron chi connectivity index (χ0n) is 48.0. The molecule has 0 fully saturated rings. The van der Waals surface area contributed by atoms with Crippen LogP contribution in [0.2, 0.25) is 0 Å². The molecule has 0 N–H and O–H groups in total. The Morgan fingerprint density at radius 1 is 0.268 bits per heavy atom. The second-order valence-electron chi connectivity index (χ2n) is 21.7. The summed E-state index contributed by atoms with van der Waals surface area (Å²) in [5.41, 5.74) is 0. The largest absolute Gasteiger partial charge is 0.462 e. The number of ether oxygens (including phenoxy) is 3. The average molecular weight is 1000 g/mol. The normalized spacial score (nSPS) is 12.1. The lowest BCUT2D eigenvalue weighted by molar-refractivity contribution is -0.167. The van der Waals surface area contributed by atoms with Gasteiger partial charge in [-0.1, -0.05) is 289 Å². The van der Waals surface area contributed by atoms with Crippen LogP contribution in [0.5, 0.6) is 0 Å². The fourth-order valence-corrected chi connectivity index (χ4v) is 9.61. The van der Waals surface area contributed by atoms with Crippen molar-refractivity contribution in [3.63, 3.8) is 0 Å². The summed E-state index contributed by atoms with van der Waals surface area (Å²) in [7, 11) is 0. The van der Waals surface area contributed by atoms with Crippen LogP contribution in [-0.2, 0) is 28.6 Å². The van der Waals surface area contributed by atoms with E-state index in [1.54, 1.807) is 0 Å². The van der Waals surface area contributed by atoms with Crippen molar-refractivity contribution < 1.29 is 28.6 Å². The van der Waals surface area contributed by atoms with E-state index in [1.807, 2.05) is 0 Å². The standard InChI is InChI=1S/C65H122O6/c1-4-7-10-13-16-19-21-23-24-25-26-27-28-29-30-31-32-33-34-35-36-37-38-39-40-42-43-46-49-52-55-58-64(67)70-61-62(60-69-63(66)57-54-51-48-45-18-15-12-9-6-3)71-65(68)59-56-53-50-47-44-41-22-20-17-14-11-8-5-2/h20,22,25-26,62H,4-19,21,23-24,27-61H2,1-3H3/b22-20-,26-25-. The van der Waals surface area contributed by atoms with Gasteiger partial charge >= 0.3 is 17.9 Å². The molecular formula is C65H122O6. The number of esters is 3. The lowest BCUT2D eigenvalue weighted by Gasteiger charge is -2.18. The molecule has 0 spiro atoms. The number of carbonyl (C=O) groups excluding carboxylic acids is 3. The molecule has 6 heteroatoms. The van der Waals surface area contributed by atoms with Gasteiger partial charge in [0.1, 0.15) is 13.2 Å². The van der Waals surface area contributed by atoms with Crippen LogP contribution in [0.25, 0.3) is 0 Å². The molecule has 418 valence electrons. The van der Waals surface area contributed by atoms with Gasteiger partial charge in [0.15, 0.2) is 6.10 Å². The smallest absolute Gasteiger partial charge is 0.306 e. The summed E-state index contributed by atoms with van der Waals surface area (Å²) in [6, 6.07) is 0. The fourth-order valence-electron chi connectivity index (χ4n) is 9.61. The molecular weight excluding hydrogens is 877 g/mol. The molecule has 1 atom stereocenters. The van der Waals surface area contributed by atoms with E-state index in [1.165, 1.54) is 250 Å². The monoisotopic (exact) mass is 999 g/mol. The third kappa shape index (κ3) is 58.7. The van der Waals surface area contributed by atoms with Gasteiger partial charge in [0, 0.05) is 19.3 Å². The highest BCUT2D eigenvalue weighted by atomic mass is 16.6. The van der Waals surface area contributed by atoms with Crippen LogP contribution in [0.15, 0.2) is 24.3 Å². The lowest BCUT2D eigenvalue weighted by Crippen LogP contribution is -2.30. The Kier molecular flexibility index (Phi) is 58.6. The van der Waals surface area contributed by atoms with Crippen molar-refractivity contribution in [3.8, 4) is 0 Å². The van der Waals surface area contributed by atoms with Crippen molar-refractivity contribution in [2.45, 2.75) is 361 Å². The summed E-state index contributed by atoms with van der Waals surface area (Å²) in [5.74, 6) is -0.861. The third-order valence-corrected chi connectivity index (χ3v) is 14.4. The van der Waals surface area contributed by atoms with Crippen LogP contribution in [0.1, 0.15) is 355 Å². The Labute approximate surface area is 443 Å². The first-order chi connectivity index (χ1) is 35.0. The highest BCUT2D eigenvalue weighted by Crippen LogP contribution is 2.18. The minimum atomic E-state index is -0.769. The first-order valence-electron chi connectivity index (χ1n) is 31.8. The number of rotatable bonds is 59. The van der Waals surface area contributed by atoms with Gasteiger partial charge in [-0.15, -0.1) is 0 Å². The first-order valence-corrected chi connectivity index (χ1v) is 31.8. The SMILES string of the molecule is CCCCCC/C=C\CCCCCCCC(=O)OC(COC(=O)CCCCCCCCCCC)COC(=O)CCCCCCCCCCCCCCCCCCCCC/C=C\CCCCCCCCCC. The number of hydrogen-bond donors (Lipinski definition) is 0. The molecule has 0 amide bonds. The van der Waals surface area contributed by atoms with E-state index >= 15 is 0 Å². The van der Waals surface area contributed by atoms with E-state index in [0.29, 0.717) is 19.3 Å². The van der Waals surface area contributed by atoms with Crippen LogP contribution in [0.3, 0.4) is 0 Å². The summed E-state index contributed by atoms with van der Waals surface area (Å²) in [5, 5.41) is 0. The van der Waals surface area contributed by atoms with Gasteiger partial charge in [0.2, 0.25) is 0 Å². The van der Waals surface area contributed by atoms with Gasteiger partial charge in [-0.05, 0) is 70.6 Å². The fraction of sp³-hybridized carbons (Fsp3) is 0.892. The predicted molar refractivity (Wildman–Crippen MR) is 307 cm³/mol. The second-order valence-corrected chi connectivity index (χ2v) is 21.7.